The van der Waals surface area contributed by atoms with Crippen LogP contribution in [0, 0.1) is 11.8 Å². The van der Waals surface area contributed by atoms with Crippen molar-refractivity contribution in [3.8, 4) is 5.75 Å². The number of nitrogens with one attached hydrogen (secondary N) is 1. The second kappa shape index (κ2) is 10.9. The zero-order valence-corrected chi connectivity index (χ0v) is 20.3. The molecule has 1 saturated heterocycles. The number of hydrogen-bond donors (Lipinski definition) is 1. The molecule has 1 saturated carbocycles. The number of carbonyl (C=O) groups excluding carboxylic acids is 1. The van der Waals surface area contributed by atoms with Gasteiger partial charge in [0.25, 0.3) is 5.91 Å². The number of benzene rings is 1. The first kappa shape index (κ1) is 23.3. The lowest BCUT2D eigenvalue weighted by Gasteiger charge is -2.32. The molecule has 6 heteroatoms. The highest BCUT2D eigenvalue weighted by Crippen LogP contribution is 2.29. The van der Waals surface area contributed by atoms with Crippen molar-refractivity contribution < 1.29 is 14.3 Å². The Morgan fingerprint density at radius 3 is 2.71 bits per heavy atom. The Labute approximate surface area is 203 Å². The third kappa shape index (κ3) is 5.97. The lowest BCUT2D eigenvalue weighted by Crippen LogP contribution is -2.41. The van der Waals surface area contributed by atoms with Crippen molar-refractivity contribution in [2.24, 2.45) is 11.8 Å². The topological polar surface area (TPSA) is 63.7 Å². The molecule has 1 aromatic carbocycles. The molecule has 2 fully saturated rings. The molecule has 2 aromatic rings. The van der Waals surface area contributed by atoms with Crippen LogP contribution in [0.2, 0.25) is 0 Å². The molecule has 6 nitrogen and oxygen atoms in total. The molecule has 3 aliphatic rings. The fourth-order valence-electron chi connectivity index (χ4n) is 5.04. The third-order valence-corrected chi connectivity index (χ3v) is 7.58. The Balaban J connectivity index is 1.12. The number of likely N-dealkylation sites (N-methyl/N-ethyl adjacent to an activating group) is 1. The molecule has 182 valence electrons. The maximum Gasteiger partial charge on any atom is 0.272 e. The smallest absolute Gasteiger partial charge is 0.272 e. The van der Waals surface area contributed by atoms with E-state index in [-0.39, 0.29) is 11.9 Å². The number of aryl methyl sites for hydroxylation is 1. The van der Waals surface area contributed by atoms with Gasteiger partial charge in [-0.1, -0.05) is 18.2 Å². The molecule has 1 aromatic heterocycles. The van der Waals surface area contributed by atoms with Gasteiger partial charge in [0.05, 0.1) is 12.8 Å². The van der Waals surface area contributed by atoms with E-state index in [4.69, 9.17) is 9.47 Å². The maximum atomic E-state index is 13.1. The summed E-state index contributed by atoms with van der Waals surface area (Å²) in [6.07, 6.45) is 9.41. The Bertz CT molecular complexity index is 967. The van der Waals surface area contributed by atoms with E-state index in [1.165, 1.54) is 42.4 Å². The number of nitrogens with zero attached hydrogens (tertiary/aromatic N) is 2. The van der Waals surface area contributed by atoms with Crippen molar-refractivity contribution in [3.63, 3.8) is 0 Å². The summed E-state index contributed by atoms with van der Waals surface area (Å²) >= 11 is 0. The van der Waals surface area contributed by atoms with E-state index in [0.717, 1.165) is 63.8 Å². The van der Waals surface area contributed by atoms with Crippen molar-refractivity contribution >= 4 is 5.91 Å². The molecule has 1 aliphatic heterocycles. The van der Waals surface area contributed by atoms with Gasteiger partial charge in [-0.25, -0.2) is 4.98 Å². The normalized spacial score (nSPS) is 20.6. The molecule has 5 rings (SSSR count). The molecule has 0 spiro atoms. The van der Waals surface area contributed by atoms with Gasteiger partial charge in [-0.2, -0.15) is 0 Å². The Morgan fingerprint density at radius 2 is 1.94 bits per heavy atom. The molecule has 0 radical (unpaired) electrons. The van der Waals surface area contributed by atoms with Crippen molar-refractivity contribution in [2.75, 3.05) is 33.4 Å². The second-order valence-corrected chi connectivity index (χ2v) is 10.2. The van der Waals surface area contributed by atoms with E-state index in [1.54, 1.807) is 12.3 Å². The van der Waals surface area contributed by atoms with E-state index in [2.05, 4.69) is 28.5 Å². The van der Waals surface area contributed by atoms with Crippen LogP contribution in [0.3, 0.4) is 0 Å². The number of hydrogen-bond acceptors (Lipinski definition) is 5. The monoisotopic (exact) mass is 463 g/mol. The largest absolute Gasteiger partial charge is 0.492 e. The first-order valence-corrected chi connectivity index (χ1v) is 12.9. The highest BCUT2D eigenvalue weighted by molar-refractivity contribution is 5.92. The van der Waals surface area contributed by atoms with E-state index in [0.29, 0.717) is 11.6 Å². The zero-order valence-electron chi connectivity index (χ0n) is 20.3. The van der Waals surface area contributed by atoms with Crippen molar-refractivity contribution in [1.29, 1.82) is 0 Å². The molecule has 0 bridgehead atoms. The Kier molecular flexibility index (Phi) is 7.45. The summed E-state index contributed by atoms with van der Waals surface area (Å²) in [5, 5.41) is 3.63. The summed E-state index contributed by atoms with van der Waals surface area (Å²) < 4.78 is 11.2. The van der Waals surface area contributed by atoms with E-state index in [1.807, 2.05) is 18.0 Å². The zero-order chi connectivity index (χ0) is 23.3. The predicted molar refractivity (Wildman–Crippen MR) is 132 cm³/mol. The Hall–Kier alpha value is -2.44. The maximum absolute atomic E-state index is 13.1. The average molecular weight is 464 g/mol. The van der Waals surface area contributed by atoms with E-state index in [9.17, 15) is 4.79 Å². The molecule has 1 N–H and O–H groups in total. The Morgan fingerprint density at radius 1 is 1.09 bits per heavy atom. The summed E-state index contributed by atoms with van der Waals surface area (Å²) in [4.78, 5) is 19.3. The van der Waals surface area contributed by atoms with Gasteiger partial charge in [0.1, 0.15) is 11.4 Å². The second-order valence-electron chi connectivity index (χ2n) is 10.2. The number of pyridine rings is 1. The van der Waals surface area contributed by atoms with Gasteiger partial charge in [-0.05, 0) is 92.1 Å². The number of amides is 1. The molecule has 2 heterocycles. The lowest BCUT2D eigenvalue weighted by molar-refractivity contribution is 0.0662. The van der Waals surface area contributed by atoms with E-state index >= 15 is 0 Å². The minimum atomic E-state index is -0.0175. The van der Waals surface area contributed by atoms with Crippen molar-refractivity contribution in [3.05, 3.63) is 58.9 Å². The standard InChI is InChI=1S/C28H37N3O3/c1-31(28(32)27-9-8-26(18-30-27)34-19-21-2-3-21)25-7-6-23-14-22(4-5-24(23)15-25)17-29-16-20-10-12-33-13-11-20/h4-5,8-9,14,18,20-21,25,29H,2-3,6-7,10-13,15-17,19H2,1H3. The summed E-state index contributed by atoms with van der Waals surface area (Å²) in [5.74, 6) is 2.17. The molecule has 1 atom stereocenters. The first-order valence-electron chi connectivity index (χ1n) is 12.9. The summed E-state index contributed by atoms with van der Waals surface area (Å²) in [7, 11) is 1.91. The van der Waals surface area contributed by atoms with Gasteiger partial charge in [0.2, 0.25) is 0 Å². The number of rotatable bonds is 9. The third-order valence-electron chi connectivity index (χ3n) is 7.58. The van der Waals surface area contributed by atoms with Gasteiger partial charge in [-0.3, -0.25) is 4.79 Å². The number of ether oxygens (including phenoxy) is 2. The fraction of sp³-hybridized carbons (Fsp3) is 0.571. The highest BCUT2D eigenvalue weighted by atomic mass is 16.5. The van der Waals surface area contributed by atoms with Crippen LogP contribution in [0.4, 0.5) is 0 Å². The average Bonchev–Trinajstić information content (AvgIpc) is 3.72. The van der Waals surface area contributed by atoms with Crippen LogP contribution in [0.15, 0.2) is 36.5 Å². The quantitative estimate of drug-likeness (QED) is 0.609. The van der Waals surface area contributed by atoms with Crippen molar-refractivity contribution in [1.82, 2.24) is 15.2 Å². The van der Waals surface area contributed by atoms with Crippen LogP contribution in [-0.4, -0.2) is 55.2 Å². The van der Waals surface area contributed by atoms with Crippen molar-refractivity contribution in [2.45, 2.75) is 57.5 Å². The van der Waals surface area contributed by atoms with Crippen LogP contribution in [0.25, 0.3) is 0 Å². The molecule has 1 unspecified atom stereocenters. The summed E-state index contributed by atoms with van der Waals surface area (Å²) in [6, 6.07) is 10.7. The van der Waals surface area contributed by atoms with Crippen LogP contribution in [0.1, 0.15) is 59.3 Å². The summed E-state index contributed by atoms with van der Waals surface area (Å²) in [5.41, 5.74) is 4.62. The molecule has 1 amide bonds. The minimum Gasteiger partial charge on any atom is -0.492 e. The number of aromatic nitrogens is 1. The van der Waals surface area contributed by atoms with E-state index < -0.39 is 0 Å². The number of fused-ring (bicyclic) bond motifs is 1. The van der Waals surface area contributed by atoms with Crippen LogP contribution < -0.4 is 10.1 Å². The SMILES string of the molecule is CN(C(=O)c1ccc(OCC2CC2)cn1)C1CCc2cc(CNCC3CCOCC3)ccc2C1. The van der Waals surface area contributed by atoms with Gasteiger partial charge < -0.3 is 19.7 Å². The first-order chi connectivity index (χ1) is 16.7. The van der Waals surface area contributed by atoms with Gasteiger partial charge >= 0.3 is 0 Å². The summed E-state index contributed by atoms with van der Waals surface area (Å²) in [6.45, 7) is 4.54. The lowest BCUT2D eigenvalue weighted by atomic mass is 9.86. The molecular weight excluding hydrogens is 426 g/mol. The molecule has 2 aliphatic carbocycles. The highest BCUT2D eigenvalue weighted by Gasteiger charge is 2.27. The molecular formula is C28H37N3O3. The minimum absolute atomic E-state index is 0.0175. The molecule has 34 heavy (non-hydrogen) atoms. The van der Waals surface area contributed by atoms with Gasteiger partial charge in [-0.15, -0.1) is 0 Å². The van der Waals surface area contributed by atoms with Crippen LogP contribution in [-0.2, 0) is 24.1 Å². The predicted octanol–water partition coefficient (Wildman–Crippen LogP) is 4.02. The van der Waals surface area contributed by atoms with Gasteiger partial charge in [0.15, 0.2) is 0 Å². The number of carbonyl (C=O) groups is 1. The van der Waals surface area contributed by atoms with Gasteiger partial charge in [0, 0.05) is 32.8 Å². The van der Waals surface area contributed by atoms with Crippen LogP contribution >= 0.6 is 0 Å². The fourth-order valence-corrected chi connectivity index (χ4v) is 5.04. The van der Waals surface area contributed by atoms with Crippen LogP contribution in [0.5, 0.6) is 5.75 Å².